The number of benzene rings is 2. The number of amides is 1. The van der Waals surface area contributed by atoms with Crippen molar-refractivity contribution in [1.82, 2.24) is 0 Å². The molecule has 0 unspecified atom stereocenters. The Bertz CT molecular complexity index is 599. The van der Waals surface area contributed by atoms with Gasteiger partial charge >= 0.3 is 0 Å². The van der Waals surface area contributed by atoms with Gasteiger partial charge in [-0.3, -0.25) is 4.79 Å². The Labute approximate surface area is 128 Å². The molecule has 1 amide bonds. The van der Waals surface area contributed by atoms with Crippen LogP contribution in [0.25, 0.3) is 0 Å². The molecule has 0 spiro atoms. The van der Waals surface area contributed by atoms with E-state index in [1.54, 1.807) is 11.8 Å². The lowest BCUT2D eigenvalue weighted by Gasteiger charge is -2.07. The molecule has 21 heavy (non-hydrogen) atoms. The number of hydrogen-bond donors (Lipinski definition) is 2. The molecule has 0 radical (unpaired) electrons. The Balaban J connectivity index is 1.74. The minimum atomic E-state index is -0.0639. The van der Waals surface area contributed by atoms with Gasteiger partial charge in [-0.1, -0.05) is 6.07 Å². The van der Waals surface area contributed by atoms with Crippen LogP contribution >= 0.6 is 11.8 Å². The van der Waals surface area contributed by atoms with Gasteiger partial charge in [0, 0.05) is 35.0 Å². The molecule has 0 fully saturated rings. The molecule has 110 valence electrons. The molecule has 0 aliphatic rings. The summed E-state index contributed by atoms with van der Waals surface area (Å²) in [7, 11) is 0. The molecule has 0 aromatic heterocycles. The minimum absolute atomic E-state index is 0.0639. The fourth-order valence-electron chi connectivity index (χ4n) is 1.76. The summed E-state index contributed by atoms with van der Waals surface area (Å²) < 4.78 is 5.63. The highest BCUT2D eigenvalue weighted by atomic mass is 32.2. The number of nitrogens with two attached hydrogens (primary N) is 1. The monoisotopic (exact) mass is 302 g/mol. The van der Waals surface area contributed by atoms with E-state index in [-0.39, 0.29) is 5.91 Å². The highest BCUT2D eigenvalue weighted by molar-refractivity contribution is 7.99. The zero-order chi connectivity index (χ0) is 15.1. The van der Waals surface area contributed by atoms with Gasteiger partial charge in [0.15, 0.2) is 0 Å². The van der Waals surface area contributed by atoms with Crippen LogP contribution in [0.5, 0.6) is 5.75 Å². The van der Waals surface area contributed by atoms with Gasteiger partial charge in [0.25, 0.3) is 0 Å². The maximum absolute atomic E-state index is 10.9. The quantitative estimate of drug-likeness (QED) is 0.487. The molecule has 5 heteroatoms. The summed E-state index contributed by atoms with van der Waals surface area (Å²) in [5.41, 5.74) is 7.20. The molecule has 4 nitrogen and oxygen atoms in total. The Morgan fingerprint density at radius 1 is 1.24 bits per heavy atom. The normalized spacial score (nSPS) is 10.1. The van der Waals surface area contributed by atoms with Crippen LogP contribution in [0.2, 0.25) is 0 Å². The molecule has 0 aliphatic carbocycles. The van der Waals surface area contributed by atoms with Crippen LogP contribution in [-0.4, -0.2) is 18.3 Å². The van der Waals surface area contributed by atoms with E-state index < -0.39 is 0 Å². The molecule has 3 N–H and O–H groups in total. The Morgan fingerprint density at radius 2 is 2.00 bits per heavy atom. The van der Waals surface area contributed by atoms with E-state index in [1.165, 1.54) is 6.92 Å². The Morgan fingerprint density at radius 3 is 2.67 bits per heavy atom. The number of nitrogen functional groups attached to an aromatic ring is 1. The van der Waals surface area contributed by atoms with E-state index >= 15 is 0 Å². The van der Waals surface area contributed by atoms with Crippen molar-refractivity contribution in [2.45, 2.75) is 11.8 Å². The van der Waals surface area contributed by atoms with Gasteiger partial charge in [0.1, 0.15) is 5.75 Å². The van der Waals surface area contributed by atoms with Crippen LogP contribution in [-0.2, 0) is 4.79 Å². The van der Waals surface area contributed by atoms with Crippen molar-refractivity contribution in [3.63, 3.8) is 0 Å². The Kier molecular flexibility index (Phi) is 5.51. The van der Waals surface area contributed by atoms with Crippen molar-refractivity contribution in [3.8, 4) is 5.75 Å². The molecule has 2 rings (SSSR count). The molecule has 0 heterocycles. The zero-order valence-electron chi connectivity index (χ0n) is 11.8. The van der Waals surface area contributed by atoms with Crippen LogP contribution in [0.15, 0.2) is 53.4 Å². The number of thioether (sulfide) groups is 1. The van der Waals surface area contributed by atoms with Gasteiger partial charge in [-0.05, 0) is 36.4 Å². The largest absolute Gasteiger partial charge is 0.493 e. The first-order valence-corrected chi connectivity index (χ1v) is 7.61. The average Bonchev–Trinajstić information content (AvgIpc) is 2.45. The molecule has 0 saturated carbocycles. The zero-order valence-corrected chi connectivity index (χ0v) is 12.7. The first kappa shape index (κ1) is 15.3. The van der Waals surface area contributed by atoms with Crippen molar-refractivity contribution in [1.29, 1.82) is 0 Å². The Hall–Kier alpha value is -2.14. The van der Waals surface area contributed by atoms with Gasteiger partial charge in [-0.25, -0.2) is 0 Å². The average molecular weight is 302 g/mol. The lowest BCUT2D eigenvalue weighted by Crippen LogP contribution is -2.05. The summed E-state index contributed by atoms with van der Waals surface area (Å²) in [6, 6.07) is 15.2. The van der Waals surface area contributed by atoms with Crippen molar-refractivity contribution in [2.75, 3.05) is 23.4 Å². The van der Waals surface area contributed by atoms with Crippen LogP contribution in [0.4, 0.5) is 11.4 Å². The third-order valence-electron chi connectivity index (χ3n) is 2.65. The van der Waals surface area contributed by atoms with Crippen molar-refractivity contribution in [2.24, 2.45) is 0 Å². The summed E-state index contributed by atoms with van der Waals surface area (Å²) in [4.78, 5) is 12.1. The summed E-state index contributed by atoms with van der Waals surface area (Å²) in [5.74, 6) is 1.57. The van der Waals surface area contributed by atoms with E-state index in [4.69, 9.17) is 10.5 Å². The summed E-state index contributed by atoms with van der Waals surface area (Å²) in [6.07, 6.45) is 0. The lowest BCUT2D eigenvalue weighted by molar-refractivity contribution is -0.114. The standard InChI is InChI=1S/C16H18N2O2S/c1-12(19)18-14-5-7-16(8-6-14)21-10-9-20-15-4-2-3-13(17)11-15/h2-8,11H,9-10,17H2,1H3,(H,18,19). The maximum Gasteiger partial charge on any atom is 0.221 e. The van der Waals surface area contributed by atoms with Gasteiger partial charge in [0.2, 0.25) is 5.91 Å². The number of anilines is 2. The lowest BCUT2D eigenvalue weighted by atomic mass is 10.3. The van der Waals surface area contributed by atoms with Crippen LogP contribution in [0, 0.1) is 0 Å². The van der Waals surface area contributed by atoms with Crippen LogP contribution in [0.1, 0.15) is 6.92 Å². The third-order valence-corrected chi connectivity index (χ3v) is 3.63. The van der Waals surface area contributed by atoms with Crippen LogP contribution in [0.3, 0.4) is 0 Å². The number of carbonyl (C=O) groups excluding carboxylic acids is 1. The van der Waals surface area contributed by atoms with Gasteiger partial charge in [0.05, 0.1) is 6.61 Å². The molecule has 0 aliphatic heterocycles. The second kappa shape index (κ2) is 7.59. The van der Waals surface area contributed by atoms with E-state index in [2.05, 4.69) is 5.32 Å². The second-order valence-corrected chi connectivity index (χ2v) is 5.64. The number of rotatable bonds is 6. The van der Waals surface area contributed by atoms with Gasteiger partial charge in [-0.15, -0.1) is 11.8 Å². The highest BCUT2D eigenvalue weighted by Gasteiger charge is 1.98. The first-order valence-electron chi connectivity index (χ1n) is 6.62. The number of hydrogen-bond acceptors (Lipinski definition) is 4. The van der Waals surface area contributed by atoms with Crippen molar-refractivity contribution < 1.29 is 9.53 Å². The van der Waals surface area contributed by atoms with Crippen molar-refractivity contribution in [3.05, 3.63) is 48.5 Å². The van der Waals surface area contributed by atoms with Gasteiger partial charge < -0.3 is 15.8 Å². The predicted molar refractivity (Wildman–Crippen MR) is 87.8 cm³/mol. The summed E-state index contributed by atoms with van der Waals surface area (Å²) in [6.45, 7) is 2.11. The number of nitrogens with one attached hydrogen (secondary N) is 1. The number of ether oxygens (including phenoxy) is 1. The fourth-order valence-corrected chi connectivity index (χ4v) is 2.49. The minimum Gasteiger partial charge on any atom is -0.493 e. The highest BCUT2D eigenvalue weighted by Crippen LogP contribution is 2.21. The second-order valence-electron chi connectivity index (χ2n) is 4.47. The summed E-state index contributed by atoms with van der Waals surface area (Å²) >= 11 is 1.70. The molecule has 0 saturated heterocycles. The molecule has 0 atom stereocenters. The van der Waals surface area contributed by atoms with E-state index in [1.807, 2.05) is 48.5 Å². The first-order chi connectivity index (χ1) is 10.1. The topological polar surface area (TPSA) is 64.3 Å². The molecular formula is C16H18N2O2S. The van der Waals surface area contributed by atoms with Crippen LogP contribution < -0.4 is 15.8 Å². The van der Waals surface area contributed by atoms with E-state index in [0.717, 1.165) is 22.1 Å². The smallest absolute Gasteiger partial charge is 0.221 e. The molecule has 2 aromatic carbocycles. The maximum atomic E-state index is 10.9. The molecular weight excluding hydrogens is 284 g/mol. The fraction of sp³-hybridized carbons (Fsp3) is 0.188. The predicted octanol–water partition coefficient (Wildman–Crippen LogP) is 3.40. The summed E-state index contributed by atoms with van der Waals surface area (Å²) in [5, 5.41) is 2.74. The van der Waals surface area contributed by atoms with E-state index in [0.29, 0.717) is 12.3 Å². The molecule has 0 bridgehead atoms. The third kappa shape index (κ3) is 5.39. The number of carbonyl (C=O) groups is 1. The van der Waals surface area contributed by atoms with Crippen molar-refractivity contribution >= 4 is 29.0 Å². The molecule has 2 aromatic rings. The van der Waals surface area contributed by atoms with Gasteiger partial charge in [-0.2, -0.15) is 0 Å². The van der Waals surface area contributed by atoms with E-state index in [9.17, 15) is 4.79 Å². The SMILES string of the molecule is CC(=O)Nc1ccc(SCCOc2cccc(N)c2)cc1.